The highest BCUT2D eigenvalue weighted by atomic mass is 19.1. The van der Waals surface area contributed by atoms with Crippen LogP contribution in [0.15, 0.2) is 164 Å². The Kier molecular flexibility index (Phi) is 9.05. The number of halogens is 2. The number of nitriles is 1. The van der Waals surface area contributed by atoms with Gasteiger partial charge >= 0.3 is 0 Å². The Morgan fingerprint density at radius 3 is 1.18 bits per heavy atom. The first-order chi connectivity index (χ1) is 29.8. The summed E-state index contributed by atoms with van der Waals surface area (Å²) in [6.45, 7) is 13.2. The van der Waals surface area contributed by atoms with Crippen LogP contribution in [-0.2, 0) is 10.8 Å². The molecule has 0 aliphatic heterocycles. The molecule has 302 valence electrons. The maximum atomic E-state index is 16.1. The second-order valence-corrected chi connectivity index (χ2v) is 18.4. The molecule has 62 heavy (non-hydrogen) atoms. The second kappa shape index (κ2) is 14.4. The van der Waals surface area contributed by atoms with Crippen molar-refractivity contribution < 1.29 is 8.78 Å². The monoisotopic (exact) mass is 809 g/mol. The predicted octanol–water partition coefficient (Wildman–Crippen LogP) is 15.6. The van der Waals surface area contributed by atoms with Crippen molar-refractivity contribution in [3.8, 4) is 50.8 Å². The molecular formula is C57H45F2N3. The molecule has 0 spiro atoms. The third kappa shape index (κ3) is 6.37. The van der Waals surface area contributed by atoms with Crippen LogP contribution in [0.2, 0.25) is 0 Å². The highest BCUT2D eigenvalue weighted by molar-refractivity contribution is 6.13. The van der Waals surface area contributed by atoms with Crippen LogP contribution >= 0.6 is 0 Å². The van der Waals surface area contributed by atoms with Gasteiger partial charge in [0.05, 0.1) is 39.0 Å². The van der Waals surface area contributed by atoms with Crippen molar-refractivity contribution in [3.63, 3.8) is 0 Å². The van der Waals surface area contributed by atoms with E-state index in [4.69, 9.17) is 0 Å². The van der Waals surface area contributed by atoms with E-state index in [-0.39, 0.29) is 16.4 Å². The van der Waals surface area contributed by atoms with Crippen molar-refractivity contribution in [3.05, 3.63) is 192 Å². The highest BCUT2D eigenvalue weighted by Crippen LogP contribution is 2.44. The first kappa shape index (κ1) is 38.9. The number of hydrogen-bond acceptors (Lipinski definition) is 1. The molecule has 2 aromatic heterocycles. The van der Waals surface area contributed by atoms with E-state index in [2.05, 4.69) is 154 Å². The molecule has 8 aromatic carbocycles. The molecule has 0 atom stereocenters. The number of aromatic nitrogens is 2. The molecule has 10 aromatic rings. The van der Waals surface area contributed by atoms with Crippen LogP contribution in [0.3, 0.4) is 0 Å². The largest absolute Gasteiger partial charge is 0.308 e. The Bertz CT molecular complexity index is 3250. The van der Waals surface area contributed by atoms with Gasteiger partial charge in [-0.15, -0.1) is 0 Å². The fraction of sp³-hybridized carbons (Fsp3) is 0.140. The van der Waals surface area contributed by atoms with Gasteiger partial charge in [0.15, 0.2) is 0 Å². The van der Waals surface area contributed by atoms with Crippen molar-refractivity contribution in [1.82, 2.24) is 9.13 Å². The minimum atomic E-state index is -0.680. The quantitative estimate of drug-likeness (QED) is 0.170. The van der Waals surface area contributed by atoms with Gasteiger partial charge in [0.2, 0.25) is 0 Å². The molecule has 10 rings (SSSR count). The van der Waals surface area contributed by atoms with Gasteiger partial charge in [0.25, 0.3) is 0 Å². The van der Waals surface area contributed by atoms with Crippen LogP contribution in [0.1, 0.15) is 58.2 Å². The third-order valence-electron chi connectivity index (χ3n) is 12.4. The van der Waals surface area contributed by atoms with Crippen LogP contribution in [0.4, 0.5) is 8.78 Å². The summed E-state index contributed by atoms with van der Waals surface area (Å²) in [7, 11) is 0. The van der Waals surface area contributed by atoms with E-state index in [1.165, 1.54) is 29.3 Å². The normalized spacial score (nSPS) is 12.2. The van der Waals surface area contributed by atoms with Crippen LogP contribution in [-0.4, -0.2) is 9.13 Å². The van der Waals surface area contributed by atoms with Crippen molar-refractivity contribution in [2.75, 3.05) is 0 Å². The number of nitrogens with zero attached hydrogens (tertiary/aromatic N) is 3. The lowest BCUT2D eigenvalue weighted by atomic mass is 9.85. The molecule has 0 saturated carbocycles. The van der Waals surface area contributed by atoms with Gasteiger partial charge in [-0.25, -0.2) is 8.78 Å². The summed E-state index contributed by atoms with van der Waals surface area (Å²) in [4.78, 5) is 0. The summed E-state index contributed by atoms with van der Waals surface area (Å²) in [6, 6.07) is 56.6. The molecule has 0 aliphatic carbocycles. The molecule has 0 radical (unpaired) electrons. The van der Waals surface area contributed by atoms with Gasteiger partial charge in [-0.3, -0.25) is 0 Å². The smallest absolute Gasteiger partial charge is 0.133 e. The van der Waals surface area contributed by atoms with Crippen molar-refractivity contribution >= 4 is 43.6 Å². The first-order valence-electron chi connectivity index (χ1n) is 21.1. The molecule has 2 heterocycles. The number of rotatable bonds is 5. The van der Waals surface area contributed by atoms with Gasteiger partial charge in [0, 0.05) is 21.5 Å². The Morgan fingerprint density at radius 1 is 0.403 bits per heavy atom. The summed E-state index contributed by atoms with van der Waals surface area (Å²) in [6.07, 6.45) is 0. The minimum absolute atomic E-state index is 0.116. The number of hydrogen-bond donors (Lipinski definition) is 0. The number of benzene rings is 8. The maximum absolute atomic E-state index is 16.1. The summed E-state index contributed by atoms with van der Waals surface area (Å²) < 4.78 is 36.4. The Hall–Kier alpha value is -7.29. The van der Waals surface area contributed by atoms with E-state index >= 15 is 8.78 Å². The van der Waals surface area contributed by atoms with Crippen molar-refractivity contribution in [1.29, 1.82) is 5.26 Å². The number of fused-ring (bicyclic) bond motifs is 6. The highest BCUT2D eigenvalue weighted by Gasteiger charge is 2.26. The van der Waals surface area contributed by atoms with Gasteiger partial charge in [-0.2, -0.15) is 5.26 Å². The second-order valence-electron chi connectivity index (χ2n) is 18.4. The van der Waals surface area contributed by atoms with Crippen molar-refractivity contribution in [2.45, 2.75) is 52.4 Å². The van der Waals surface area contributed by atoms with Crippen LogP contribution in [0, 0.1) is 23.0 Å². The van der Waals surface area contributed by atoms with E-state index in [0.29, 0.717) is 22.5 Å². The predicted molar refractivity (Wildman–Crippen MR) is 253 cm³/mol. The van der Waals surface area contributed by atoms with Crippen LogP contribution in [0.5, 0.6) is 0 Å². The SMILES string of the molecule is CC(C)(C)c1ccc2c(c1)c1cc(C(C)(C)C)ccc1n2-c1cc(-c2c(F)cccc2F)cc(-n2c3ccc(-c4ccccc4)cc3c3cc(-c4ccccc4)ccc32)c1C#N. The average molecular weight is 810 g/mol. The van der Waals surface area contributed by atoms with E-state index in [0.717, 1.165) is 65.9 Å². The molecular weight excluding hydrogens is 765 g/mol. The lowest BCUT2D eigenvalue weighted by molar-refractivity contribution is 0.589. The average Bonchev–Trinajstić information content (AvgIpc) is 3.77. The molecule has 0 unspecified atom stereocenters. The van der Waals surface area contributed by atoms with Crippen LogP contribution < -0.4 is 0 Å². The zero-order chi connectivity index (χ0) is 43.1. The molecule has 0 N–H and O–H groups in total. The van der Waals surface area contributed by atoms with E-state index in [9.17, 15) is 5.26 Å². The summed E-state index contributed by atoms with van der Waals surface area (Å²) >= 11 is 0. The maximum Gasteiger partial charge on any atom is 0.133 e. The lowest BCUT2D eigenvalue weighted by Crippen LogP contribution is -2.10. The van der Waals surface area contributed by atoms with E-state index in [1.54, 1.807) is 12.1 Å². The summed E-state index contributed by atoms with van der Waals surface area (Å²) in [5, 5.41) is 15.6. The van der Waals surface area contributed by atoms with Gasteiger partial charge in [-0.1, -0.05) is 133 Å². The topological polar surface area (TPSA) is 33.6 Å². The fourth-order valence-corrected chi connectivity index (χ4v) is 9.12. The van der Waals surface area contributed by atoms with Crippen LogP contribution in [0.25, 0.3) is 88.4 Å². The molecule has 0 aliphatic rings. The minimum Gasteiger partial charge on any atom is -0.308 e. The van der Waals surface area contributed by atoms with Crippen molar-refractivity contribution in [2.24, 2.45) is 0 Å². The van der Waals surface area contributed by atoms with E-state index in [1.807, 2.05) is 36.4 Å². The fourth-order valence-electron chi connectivity index (χ4n) is 9.12. The Balaban J connectivity index is 1.35. The molecule has 5 heteroatoms. The standard InChI is InChI=1S/C57H45F2N3/c1-56(2,3)40-22-26-51-44(32-40)45-33-41(57(4,5)6)23-27-52(45)62(51)54-31-39(55-47(58)18-13-19-48(55)59)30-53(46(54)34-60)61-49-24-20-37(35-14-9-7-10-15-35)28-42(49)43-29-38(21-25-50(43)61)36-16-11-8-12-17-36/h7-33H,1-6H3. The van der Waals surface area contributed by atoms with Gasteiger partial charge in [0.1, 0.15) is 23.3 Å². The zero-order valence-electron chi connectivity index (χ0n) is 35.7. The molecule has 0 fully saturated rings. The van der Waals surface area contributed by atoms with Gasteiger partial charge in [-0.05, 0) is 123 Å². The summed E-state index contributed by atoms with van der Waals surface area (Å²) in [5.41, 5.74) is 11.6. The molecule has 0 amide bonds. The third-order valence-corrected chi connectivity index (χ3v) is 12.4. The Morgan fingerprint density at radius 2 is 0.790 bits per heavy atom. The summed E-state index contributed by atoms with van der Waals surface area (Å²) in [5.74, 6) is -1.36. The Labute approximate surface area is 360 Å². The molecule has 0 saturated heterocycles. The molecule has 0 bridgehead atoms. The molecule has 3 nitrogen and oxygen atoms in total. The first-order valence-corrected chi connectivity index (χ1v) is 21.1. The van der Waals surface area contributed by atoms with Gasteiger partial charge < -0.3 is 9.13 Å². The zero-order valence-corrected chi connectivity index (χ0v) is 35.7. The lowest BCUT2D eigenvalue weighted by Gasteiger charge is -2.20. The van der Waals surface area contributed by atoms with E-state index < -0.39 is 11.6 Å².